The highest BCUT2D eigenvalue weighted by Gasteiger charge is 2.35. The average molecular weight is 413 g/mol. The number of hydrogen-bond donors (Lipinski definition) is 2. The van der Waals surface area contributed by atoms with E-state index in [-0.39, 0.29) is 12.1 Å². The Morgan fingerprint density at radius 3 is 2.40 bits per heavy atom. The molecule has 0 saturated heterocycles. The van der Waals surface area contributed by atoms with Gasteiger partial charge in [-0.05, 0) is 56.3 Å². The molecule has 1 heterocycles. The summed E-state index contributed by atoms with van der Waals surface area (Å²) in [5.41, 5.74) is 0.184. The number of ether oxygens (including phenoxy) is 1. The van der Waals surface area contributed by atoms with E-state index in [1.54, 1.807) is 42.5 Å². The predicted molar refractivity (Wildman–Crippen MR) is 107 cm³/mol. The zero-order valence-electron chi connectivity index (χ0n) is 16.2. The van der Waals surface area contributed by atoms with Gasteiger partial charge in [0, 0.05) is 17.6 Å². The van der Waals surface area contributed by atoms with Crippen molar-refractivity contribution >= 4 is 23.1 Å². The molecule has 0 atom stereocenters. The van der Waals surface area contributed by atoms with Crippen molar-refractivity contribution in [3.8, 4) is 11.8 Å². The predicted octanol–water partition coefficient (Wildman–Crippen LogP) is 5.64. The van der Waals surface area contributed by atoms with E-state index < -0.39 is 17.6 Å². The Kier molecular flexibility index (Phi) is 6.06. The van der Waals surface area contributed by atoms with Crippen molar-refractivity contribution in [1.82, 2.24) is 9.97 Å². The maximum absolute atomic E-state index is 13.4. The molecule has 0 aliphatic carbocycles. The van der Waals surface area contributed by atoms with Crippen LogP contribution in [0.4, 0.5) is 36.3 Å². The molecule has 0 aliphatic heterocycles. The summed E-state index contributed by atoms with van der Waals surface area (Å²) in [5, 5.41) is 14.5. The van der Waals surface area contributed by atoms with E-state index >= 15 is 0 Å². The molecule has 0 spiro atoms. The number of halogens is 3. The van der Waals surface area contributed by atoms with Crippen molar-refractivity contribution in [3.63, 3.8) is 0 Å². The summed E-state index contributed by atoms with van der Waals surface area (Å²) < 4.78 is 45.8. The summed E-state index contributed by atoms with van der Waals surface area (Å²) in [5.74, 6) is 0.234. The molecule has 0 saturated carbocycles. The van der Waals surface area contributed by atoms with Crippen molar-refractivity contribution in [3.05, 3.63) is 65.9 Å². The molecule has 3 rings (SSSR count). The van der Waals surface area contributed by atoms with Gasteiger partial charge in [0.05, 0.1) is 17.7 Å². The van der Waals surface area contributed by atoms with Crippen molar-refractivity contribution < 1.29 is 17.9 Å². The molecule has 0 bridgehead atoms. The third kappa shape index (κ3) is 5.38. The fraction of sp³-hybridized carbons (Fsp3) is 0.190. The highest BCUT2D eigenvalue weighted by atomic mass is 19.4. The topological polar surface area (TPSA) is 82.9 Å². The SMILES string of the molecule is CC(C)Oc1ccc(Nc2ncc(C(F)(F)F)c(Nc3cccc(C#N)c3)n2)cc1. The smallest absolute Gasteiger partial charge is 0.421 e. The number of aromatic nitrogens is 2. The van der Waals surface area contributed by atoms with Crippen LogP contribution in [0.1, 0.15) is 25.0 Å². The molecule has 3 aromatic rings. The lowest BCUT2D eigenvalue weighted by atomic mass is 10.2. The second kappa shape index (κ2) is 8.69. The molecule has 0 unspecified atom stereocenters. The normalized spacial score (nSPS) is 11.1. The highest BCUT2D eigenvalue weighted by molar-refractivity contribution is 5.64. The Balaban J connectivity index is 1.88. The van der Waals surface area contributed by atoms with Crippen molar-refractivity contribution in [2.75, 3.05) is 10.6 Å². The summed E-state index contributed by atoms with van der Waals surface area (Å²) in [6.07, 6.45) is -3.92. The zero-order valence-corrected chi connectivity index (χ0v) is 16.2. The lowest BCUT2D eigenvalue weighted by Gasteiger charge is -2.15. The summed E-state index contributed by atoms with van der Waals surface area (Å²) in [4.78, 5) is 7.77. The highest BCUT2D eigenvalue weighted by Crippen LogP contribution is 2.35. The van der Waals surface area contributed by atoms with Gasteiger partial charge in [0.2, 0.25) is 5.95 Å². The minimum atomic E-state index is -4.65. The maximum Gasteiger partial charge on any atom is 0.421 e. The maximum atomic E-state index is 13.4. The van der Waals surface area contributed by atoms with E-state index in [1.165, 1.54) is 6.07 Å². The van der Waals surface area contributed by atoms with Gasteiger partial charge in [0.1, 0.15) is 17.1 Å². The molecule has 154 valence electrons. The zero-order chi connectivity index (χ0) is 21.7. The Morgan fingerprint density at radius 1 is 1.03 bits per heavy atom. The van der Waals surface area contributed by atoms with Crippen LogP contribution < -0.4 is 15.4 Å². The largest absolute Gasteiger partial charge is 0.491 e. The van der Waals surface area contributed by atoms with Crippen LogP contribution in [0.5, 0.6) is 5.75 Å². The second-order valence-corrected chi connectivity index (χ2v) is 6.59. The molecule has 30 heavy (non-hydrogen) atoms. The molecule has 2 aromatic carbocycles. The van der Waals surface area contributed by atoms with Crippen molar-refractivity contribution in [2.45, 2.75) is 26.1 Å². The van der Waals surface area contributed by atoms with Crippen LogP contribution in [-0.2, 0) is 6.18 Å². The van der Waals surface area contributed by atoms with Gasteiger partial charge in [-0.1, -0.05) is 6.07 Å². The summed E-state index contributed by atoms with van der Waals surface area (Å²) >= 11 is 0. The number of benzene rings is 2. The number of anilines is 4. The fourth-order valence-electron chi connectivity index (χ4n) is 2.57. The molecule has 2 N–H and O–H groups in total. The third-order valence-corrected chi connectivity index (χ3v) is 3.83. The molecule has 9 heteroatoms. The molecular weight excluding hydrogens is 395 g/mol. The number of nitriles is 1. The first-order valence-electron chi connectivity index (χ1n) is 9.00. The van der Waals surface area contributed by atoms with Crippen LogP contribution in [0.15, 0.2) is 54.7 Å². The van der Waals surface area contributed by atoms with E-state index in [4.69, 9.17) is 10.00 Å². The monoisotopic (exact) mass is 413 g/mol. The summed E-state index contributed by atoms with van der Waals surface area (Å²) in [7, 11) is 0. The van der Waals surface area contributed by atoms with Gasteiger partial charge in [-0.25, -0.2) is 4.98 Å². The number of hydrogen-bond acceptors (Lipinski definition) is 6. The quantitative estimate of drug-likeness (QED) is 0.544. The molecule has 0 fully saturated rings. The van der Waals surface area contributed by atoms with E-state index in [2.05, 4.69) is 20.6 Å². The summed E-state index contributed by atoms with van der Waals surface area (Å²) in [6.45, 7) is 3.81. The Labute approximate surface area is 171 Å². The minimum absolute atomic E-state index is 0.0144. The van der Waals surface area contributed by atoms with Gasteiger partial charge in [-0.15, -0.1) is 0 Å². The molecule has 1 aromatic heterocycles. The number of nitrogens with zero attached hydrogens (tertiary/aromatic N) is 3. The van der Waals surface area contributed by atoms with E-state index in [1.807, 2.05) is 19.9 Å². The first kappa shape index (κ1) is 20.9. The summed E-state index contributed by atoms with van der Waals surface area (Å²) in [6, 6.07) is 14.9. The minimum Gasteiger partial charge on any atom is -0.491 e. The lowest BCUT2D eigenvalue weighted by Crippen LogP contribution is -2.12. The van der Waals surface area contributed by atoms with Gasteiger partial charge in [0.15, 0.2) is 0 Å². The van der Waals surface area contributed by atoms with Gasteiger partial charge in [-0.3, -0.25) is 0 Å². The van der Waals surface area contributed by atoms with Crippen LogP contribution in [0.25, 0.3) is 0 Å². The Hall–Kier alpha value is -3.80. The van der Waals surface area contributed by atoms with Crippen LogP contribution in [0.3, 0.4) is 0 Å². The van der Waals surface area contributed by atoms with Crippen molar-refractivity contribution in [2.24, 2.45) is 0 Å². The van der Waals surface area contributed by atoms with Gasteiger partial charge < -0.3 is 15.4 Å². The average Bonchev–Trinajstić information content (AvgIpc) is 2.68. The van der Waals surface area contributed by atoms with Crippen LogP contribution in [-0.4, -0.2) is 16.1 Å². The fourth-order valence-corrected chi connectivity index (χ4v) is 2.57. The van der Waals surface area contributed by atoms with Gasteiger partial charge >= 0.3 is 6.18 Å². The van der Waals surface area contributed by atoms with Gasteiger partial charge in [0.25, 0.3) is 0 Å². The first-order valence-corrected chi connectivity index (χ1v) is 9.00. The Bertz CT molecular complexity index is 1060. The standard InChI is InChI=1S/C21H18F3N5O/c1-13(2)30-17-8-6-15(7-9-17)28-20-26-12-18(21(22,23)24)19(29-20)27-16-5-3-4-14(10-16)11-25/h3-10,12-13H,1-2H3,(H2,26,27,28,29). The third-order valence-electron chi connectivity index (χ3n) is 3.83. The number of alkyl halides is 3. The molecule has 0 radical (unpaired) electrons. The number of rotatable bonds is 6. The van der Waals surface area contributed by atoms with Gasteiger partial charge in [-0.2, -0.15) is 23.4 Å². The van der Waals surface area contributed by atoms with Crippen molar-refractivity contribution in [1.29, 1.82) is 5.26 Å². The van der Waals surface area contributed by atoms with Crippen LogP contribution in [0, 0.1) is 11.3 Å². The molecule has 0 aliphatic rings. The second-order valence-electron chi connectivity index (χ2n) is 6.59. The van der Waals surface area contributed by atoms with Crippen LogP contribution >= 0.6 is 0 Å². The molecule has 6 nitrogen and oxygen atoms in total. The van der Waals surface area contributed by atoms with E-state index in [0.29, 0.717) is 28.9 Å². The lowest BCUT2D eigenvalue weighted by molar-refractivity contribution is -0.137. The van der Waals surface area contributed by atoms with E-state index in [0.717, 1.165) is 0 Å². The first-order chi connectivity index (χ1) is 14.2. The number of nitrogens with one attached hydrogen (secondary N) is 2. The molecular formula is C21H18F3N5O. The van der Waals surface area contributed by atoms with Crippen LogP contribution in [0.2, 0.25) is 0 Å². The molecule has 0 amide bonds. The Morgan fingerprint density at radius 2 is 1.77 bits per heavy atom. The van der Waals surface area contributed by atoms with E-state index in [9.17, 15) is 13.2 Å².